The molecule has 0 saturated heterocycles. The third kappa shape index (κ3) is 6.70. The molecule has 7 rings (SSSR count). The zero-order valence-electron chi connectivity index (χ0n) is 28.7. The van der Waals surface area contributed by atoms with Crippen LogP contribution in [-0.4, -0.2) is 40.8 Å². The Labute approximate surface area is 307 Å². The number of aryl methyl sites for hydroxylation is 1. The molecule has 0 atom stereocenters. The summed E-state index contributed by atoms with van der Waals surface area (Å²) in [5, 5.41) is 26.9. The standard InChI is InChI=1S/C42H38ClN7O2/c1-2-3-23-38-45-39(43)37(28-44-36-22-14-13-21-35(36)41(51)52)49(38)29-30-24-26-31(27-25-30)40-46-47-48-50(40)42(32-15-7-4-8-16-32,33-17-9-5-10-18-33)34-19-11-6-12-20-34/h4-22,24-27,44H,2-3,23,28-29H2,1H3,(H,51,52). The molecule has 10 heteroatoms. The number of para-hydroxylation sites is 1. The number of anilines is 1. The minimum Gasteiger partial charge on any atom is -0.478 e. The van der Waals surface area contributed by atoms with E-state index < -0.39 is 11.5 Å². The van der Waals surface area contributed by atoms with Gasteiger partial charge in [-0.1, -0.05) is 152 Å². The molecular weight excluding hydrogens is 670 g/mol. The van der Waals surface area contributed by atoms with Gasteiger partial charge in [-0.25, -0.2) is 14.5 Å². The van der Waals surface area contributed by atoms with E-state index >= 15 is 0 Å². The van der Waals surface area contributed by atoms with Gasteiger partial charge in [0, 0.05) is 24.2 Å². The average Bonchev–Trinajstić information content (AvgIpc) is 3.79. The van der Waals surface area contributed by atoms with E-state index in [4.69, 9.17) is 16.6 Å². The number of carboxylic acids is 1. The first-order valence-corrected chi connectivity index (χ1v) is 17.7. The van der Waals surface area contributed by atoms with E-state index in [1.54, 1.807) is 18.2 Å². The second-order valence-corrected chi connectivity index (χ2v) is 12.9. The molecule has 9 nitrogen and oxygen atoms in total. The Morgan fingerprint density at radius 3 is 1.94 bits per heavy atom. The van der Waals surface area contributed by atoms with Crippen LogP contribution in [0.4, 0.5) is 5.69 Å². The Kier molecular flexibility index (Phi) is 10.2. The molecule has 2 heterocycles. The van der Waals surface area contributed by atoms with Gasteiger partial charge in [-0.2, -0.15) is 0 Å². The van der Waals surface area contributed by atoms with Crippen LogP contribution in [0.2, 0.25) is 5.15 Å². The Bertz CT molecular complexity index is 2160. The van der Waals surface area contributed by atoms with Crippen LogP contribution in [0.25, 0.3) is 11.4 Å². The van der Waals surface area contributed by atoms with Crippen molar-refractivity contribution in [1.82, 2.24) is 29.8 Å². The highest BCUT2D eigenvalue weighted by Gasteiger charge is 2.41. The maximum Gasteiger partial charge on any atom is 0.337 e. The van der Waals surface area contributed by atoms with Gasteiger partial charge in [0.1, 0.15) is 11.4 Å². The monoisotopic (exact) mass is 707 g/mol. The van der Waals surface area contributed by atoms with E-state index in [1.807, 2.05) is 65.3 Å². The number of aromatic carboxylic acids is 1. The Hall–Kier alpha value is -6.06. The van der Waals surface area contributed by atoms with Crippen molar-refractivity contribution < 1.29 is 9.90 Å². The summed E-state index contributed by atoms with van der Waals surface area (Å²) in [4.78, 5) is 16.6. The molecule has 0 aliphatic carbocycles. The number of carbonyl (C=O) groups is 1. The fraction of sp³-hybridized carbons (Fsp3) is 0.167. The lowest BCUT2D eigenvalue weighted by Gasteiger charge is -2.36. The summed E-state index contributed by atoms with van der Waals surface area (Å²) in [7, 11) is 0. The van der Waals surface area contributed by atoms with Gasteiger partial charge in [-0.3, -0.25) is 0 Å². The Morgan fingerprint density at radius 1 is 0.788 bits per heavy atom. The summed E-state index contributed by atoms with van der Waals surface area (Å²) < 4.78 is 4.07. The van der Waals surface area contributed by atoms with Gasteiger partial charge in [0.05, 0.1) is 17.8 Å². The zero-order valence-corrected chi connectivity index (χ0v) is 29.5. The fourth-order valence-electron chi connectivity index (χ4n) is 6.83. The number of hydrogen-bond donors (Lipinski definition) is 2. The van der Waals surface area contributed by atoms with E-state index in [2.05, 4.69) is 93.0 Å². The lowest BCUT2D eigenvalue weighted by molar-refractivity contribution is 0.0698. The number of aromatic nitrogens is 6. The minimum atomic E-state index is -0.994. The molecule has 52 heavy (non-hydrogen) atoms. The quantitative estimate of drug-likeness (QED) is 0.109. The van der Waals surface area contributed by atoms with Crippen molar-refractivity contribution in [3.8, 4) is 11.4 Å². The van der Waals surface area contributed by atoms with Crippen LogP contribution < -0.4 is 5.32 Å². The summed E-state index contributed by atoms with van der Waals surface area (Å²) in [5.74, 6) is 0.520. The first-order chi connectivity index (χ1) is 25.5. The van der Waals surface area contributed by atoms with Crippen LogP contribution in [0.3, 0.4) is 0 Å². The lowest BCUT2D eigenvalue weighted by Crippen LogP contribution is -2.39. The maximum atomic E-state index is 11.8. The average molecular weight is 708 g/mol. The number of nitrogens with zero attached hydrogens (tertiary/aromatic N) is 6. The Morgan fingerprint density at radius 2 is 1.37 bits per heavy atom. The smallest absolute Gasteiger partial charge is 0.337 e. The zero-order chi connectivity index (χ0) is 35.9. The molecule has 0 bridgehead atoms. The molecule has 0 amide bonds. The summed E-state index contributed by atoms with van der Waals surface area (Å²) in [6.45, 7) is 2.99. The first-order valence-electron chi connectivity index (χ1n) is 17.4. The molecule has 5 aromatic carbocycles. The second-order valence-electron chi connectivity index (χ2n) is 12.6. The predicted molar refractivity (Wildman–Crippen MR) is 204 cm³/mol. The van der Waals surface area contributed by atoms with E-state index in [0.717, 1.165) is 58.6 Å². The SMILES string of the molecule is CCCCc1nc(Cl)c(CNc2ccccc2C(=O)O)n1Cc1ccc(-c2nnnn2C(c2ccccc2)(c2ccccc2)c2ccccc2)cc1. The predicted octanol–water partition coefficient (Wildman–Crippen LogP) is 8.73. The van der Waals surface area contributed by atoms with Gasteiger partial charge in [0.2, 0.25) is 0 Å². The number of tetrazole rings is 1. The topological polar surface area (TPSA) is 111 Å². The number of halogens is 1. The van der Waals surface area contributed by atoms with E-state index in [0.29, 0.717) is 29.8 Å². The van der Waals surface area contributed by atoms with Gasteiger partial charge < -0.3 is 15.0 Å². The van der Waals surface area contributed by atoms with Gasteiger partial charge in [-0.05, 0) is 51.2 Å². The van der Waals surface area contributed by atoms with Crippen molar-refractivity contribution in [3.63, 3.8) is 0 Å². The molecule has 0 aliphatic rings. The molecule has 2 aromatic heterocycles. The fourth-order valence-corrected chi connectivity index (χ4v) is 7.10. The molecule has 0 unspecified atom stereocenters. The molecule has 0 fully saturated rings. The van der Waals surface area contributed by atoms with Crippen molar-refractivity contribution in [1.29, 1.82) is 0 Å². The molecule has 0 aliphatic heterocycles. The van der Waals surface area contributed by atoms with Crippen LogP contribution >= 0.6 is 11.6 Å². The molecule has 7 aromatic rings. The number of imidazole rings is 1. The van der Waals surface area contributed by atoms with Gasteiger partial charge in [-0.15, -0.1) is 5.10 Å². The van der Waals surface area contributed by atoms with Crippen molar-refractivity contribution in [2.24, 2.45) is 0 Å². The van der Waals surface area contributed by atoms with Crippen LogP contribution in [0.15, 0.2) is 140 Å². The lowest BCUT2D eigenvalue weighted by atomic mass is 9.77. The number of unbranched alkanes of at least 4 members (excludes halogenated alkanes) is 1. The van der Waals surface area contributed by atoms with Crippen molar-refractivity contribution in [2.75, 3.05) is 5.32 Å². The first kappa shape index (κ1) is 34.4. The van der Waals surface area contributed by atoms with Crippen LogP contribution in [0.5, 0.6) is 0 Å². The largest absolute Gasteiger partial charge is 0.478 e. The molecule has 2 N–H and O–H groups in total. The van der Waals surface area contributed by atoms with E-state index in [1.165, 1.54) is 0 Å². The van der Waals surface area contributed by atoms with Crippen molar-refractivity contribution in [3.05, 3.63) is 184 Å². The maximum absolute atomic E-state index is 11.8. The number of hydrogen-bond acceptors (Lipinski definition) is 6. The Balaban J connectivity index is 1.26. The van der Waals surface area contributed by atoms with Crippen molar-refractivity contribution in [2.45, 2.75) is 44.8 Å². The van der Waals surface area contributed by atoms with Crippen LogP contribution in [0.1, 0.15) is 63.9 Å². The number of benzene rings is 5. The van der Waals surface area contributed by atoms with Gasteiger partial charge >= 0.3 is 5.97 Å². The third-order valence-electron chi connectivity index (χ3n) is 9.38. The van der Waals surface area contributed by atoms with Gasteiger partial charge in [0.25, 0.3) is 0 Å². The number of carboxylic acid groups (broad SMARTS) is 1. The normalized spacial score (nSPS) is 11.4. The summed E-state index contributed by atoms with van der Waals surface area (Å²) >= 11 is 6.76. The molecule has 0 radical (unpaired) electrons. The highest BCUT2D eigenvalue weighted by atomic mass is 35.5. The highest BCUT2D eigenvalue weighted by Crippen LogP contribution is 2.42. The minimum absolute atomic E-state index is 0.199. The highest BCUT2D eigenvalue weighted by molar-refractivity contribution is 6.30. The van der Waals surface area contributed by atoms with Crippen LogP contribution in [0, 0.1) is 0 Å². The van der Waals surface area contributed by atoms with E-state index in [-0.39, 0.29) is 5.56 Å². The van der Waals surface area contributed by atoms with Crippen molar-refractivity contribution >= 4 is 23.3 Å². The number of nitrogens with one attached hydrogen (secondary N) is 1. The second kappa shape index (κ2) is 15.4. The van der Waals surface area contributed by atoms with E-state index in [9.17, 15) is 9.90 Å². The van der Waals surface area contributed by atoms with Crippen LogP contribution in [-0.2, 0) is 25.0 Å². The third-order valence-corrected chi connectivity index (χ3v) is 9.68. The molecule has 0 saturated carbocycles. The summed E-state index contributed by atoms with van der Waals surface area (Å²) in [5.41, 5.74) is 5.65. The molecule has 0 spiro atoms. The summed E-state index contributed by atoms with van der Waals surface area (Å²) in [6.07, 6.45) is 2.76. The number of rotatable bonds is 14. The molecule has 260 valence electrons. The molecular formula is C42H38ClN7O2. The van der Waals surface area contributed by atoms with Gasteiger partial charge in [0.15, 0.2) is 11.0 Å². The summed E-state index contributed by atoms with van der Waals surface area (Å²) in [6, 6.07) is 46.1.